The normalized spacial score (nSPS) is 28.8. The Morgan fingerprint density at radius 1 is 1.43 bits per heavy atom. The first-order valence-electron chi connectivity index (χ1n) is 8.91. The van der Waals surface area contributed by atoms with Gasteiger partial charge in [-0.3, -0.25) is 15.0 Å². The van der Waals surface area contributed by atoms with Crippen LogP contribution in [0.15, 0.2) is 24.3 Å². The average molecular weight is 396 g/mol. The lowest BCUT2D eigenvalue weighted by molar-refractivity contribution is -0.384. The van der Waals surface area contributed by atoms with Crippen LogP contribution in [-0.4, -0.2) is 60.2 Å². The zero-order chi connectivity index (χ0) is 20.6. The molecule has 10 heteroatoms. The lowest BCUT2D eigenvalue weighted by Gasteiger charge is -2.33. The summed E-state index contributed by atoms with van der Waals surface area (Å²) in [5, 5.41) is 22.0. The van der Waals surface area contributed by atoms with Crippen LogP contribution >= 0.6 is 0 Å². The third kappa shape index (κ3) is 3.81. The molecule has 0 spiro atoms. The number of carbonyl (C=O) groups excluding carboxylic acids is 1. The van der Waals surface area contributed by atoms with E-state index < -0.39 is 47.3 Å². The monoisotopic (exact) mass is 396 g/mol. The highest BCUT2D eigenvalue weighted by Gasteiger charge is 2.50. The first-order valence-corrected chi connectivity index (χ1v) is 8.91. The maximum atomic E-state index is 12.5. The number of aliphatic hydroxyl groups excluding tert-OH is 1. The second-order valence-electron chi connectivity index (χ2n) is 7.34. The number of methoxy groups -OCH3 is 1. The summed E-state index contributed by atoms with van der Waals surface area (Å²) in [4.78, 5) is 24.3. The van der Waals surface area contributed by atoms with Crippen molar-refractivity contribution in [1.82, 2.24) is 0 Å². The van der Waals surface area contributed by atoms with Crippen molar-refractivity contribution in [3.05, 3.63) is 34.4 Å². The molecule has 0 radical (unpaired) electrons. The third-order valence-electron chi connectivity index (χ3n) is 5.03. The number of ether oxygens (including phenoxy) is 4. The zero-order valence-corrected chi connectivity index (χ0v) is 16.1. The van der Waals surface area contributed by atoms with E-state index in [1.54, 1.807) is 26.8 Å². The van der Waals surface area contributed by atoms with E-state index in [0.717, 1.165) is 0 Å². The van der Waals surface area contributed by atoms with E-state index in [1.807, 2.05) is 0 Å². The Balaban J connectivity index is 1.90. The predicted octanol–water partition coefficient (Wildman–Crippen LogP) is 2.04. The summed E-state index contributed by atoms with van der Waals surface area (Å²) < 4.78 is 21.8. The van der Waals surface area contributed by atoms with Crippen LogP contribution in [0.3, 0.4) is 0 Å². The fraction of sp³-hybridized carbons (Fsp3) is 0.611. The first-order chi connectivity index (χ1) is 13.1. The minimum atomic E-state index is -0.986. The van der Waals surface area contributed by atoms with Gasteiger partial charge in [0.15, 0.2) is 5.79 Å². The van der Waals surface area contributed by atoms with Crippen molar-refractivity contribution >= 4 is 17.5 Å². The number of benzene rings is 1. The van der Waals surface area contributed by atoms with E-state index in [9.17, 15) is 20.0 Å². The number of nitro benzene ring substituents is 1. The van der Waals surface area contributed by atoms with Gasteiger partial charge in [-0.2, -0.15) is 0 Å². The van der Waals surface area contributed by atoms with Crippen LogP contribution in [0.4, 0.5) is 16.2 Å². The van der Waals surface area contributed by atoms with Gasteiger partial charge in [0.2, 0.25) is 6.29 Å². The number of anilines is 1. The van der Waals surface area contributed by atoms with Gasteiger partial charge < -0.3 is 24.1 Å². The molecule has 2 aliphatic heterocycles. The number of nitrogens with zero attached hydrogens (tertiary/aromatic N) is 2. The van der Waals surface area contributed by atoms with Gasteiger partial charge >= 0.3 is 6.09 Å². The van der Waals surface area contributed by atoms with Crippen molar-refractivity contribution in [3.8, 4) is 0 Å². The molecular weight excluding hydrogens is 372 g/mol. The Bertz CT molecular complexity index is 755. The van der Waals surface area contributed by atoms with Crippen molar-refractivity contribution in [3.63, 3.8) is 0 Å². The Kier molecular flexibility index (Phi) is 5.57. The topological polar surface area (TPSA) is 121 Å². The van der Waals surface area contributed by atoms with Crippen LogP contribution in [-0.2, 0) is 18.9 Å². The van der Waals surface area contributed by atoms with Gasteiger partial charge in [0.1, 0.15) is 12.1 Å². The molecule has 1 N–H and O–H groups in total. The summed E-state index contributed by atoms with van der Waals surface area (Å²) in [6.07, 6.45) is -3.24. The van der Waals surface area contributed by atoms with Gasteiger partial charge in [-0.05, 0) is 19.9 Å². The maximum Gasteiger partial charge on any atom is 0.417 e. The highest BCUT2D eigenvalue weighted by Crippen LogP contribution is 2.36. The maximum absolute atomic E-state index is 12.5. The minimum absolute atomic E-state index is 0.160. The molecule has 1 aromatic rings. The molecule has 0 aromatic heterocycles. The van der Waals surface area contributed by atoms with Gasteiger partial charge in [0.05, 0.1) is 23.3 Å². The number of amides is 1. The zero-order valence-electron chi connectivity index (χ0n) is 16.1. The molecule has 28 heavy (non-hydrogen) atoms. The Morgan fingerprint density at radius 2 is 2.14 bits per heavy atom. The minimum Gasteiger partial charge on any atom is -0.417 e. The predicted molar refractivity (Wildman–Crippen MR) is 96.7 cm³/mol. The second-order valence-corrected chi connectivity index (χ2v) is 7.34. The van der Waals surface area contributed by atoms with Gasteiger partial charge in [0.25, 0.3) is 5.69 Å². The lowest BCUT2D eigenvalue weighted by atomic mass is 9.91. The van der Waals surface area contributed by atoms with Crippen LogP contribution < -0.4 is 4.90 Å². The van der Waals surface area contributed by atoms with Crippen LogP contribution in [0.2, 0.25) is 0 Å². The molecule has 0 saturated carbocycles. The molecule has 10 nitrogen and oxygen atoms in total. The SMILES string of the molecule is CO[C@@H]1OC(=O)N(c2cccc([N+](=O)[O-])c2)[C@H]1[C@H](C)[C@H](O)[C@H]1COC(C)(C)O1. The van der Waals surface area contributed by atoms with Gasteiger partial charge in [-0.25, -0.2) is 4.79 Å². The Morgan fingerprint density at radius 3 is 2.71 bits per heavy atom. The molecule has 2 saturated heterocycles. The molecule has 0 aliphatic carbocycles. The summed E-state index contributed by atoms with van der Waals surface area (Å²) in [5.74, 6) is -1.36. The number of nitro groups is 1. The van der Waals surface area contributed by atoms with Crippen LogP contribution in [0.5, 0.6) is 0 Å². The van der Waals surface area contributed by atoms with Crippen molar-refractivity contribution in [2.24, 2.45) is 5.92 Å². The molecule has 1 aromatic carbocycles. The van der Waals surface area contributed by atoms with Crippen LogP contribution in [0.25, 0.3) is 0 Å². The van der Waals surface area contributed by atoms with Crippen molar-refractivity contribution < 1.29 is 33.8 Å². The Hall–Kier alpha value is -2.27. The molecule has 2 aliphatic rings. The fourth-order valence-electron chi connectivity index (χ4n) is 3.60. The highest BCUT2D eigenvalue weighted by molar-refractivity contribution is 5.91. The number of non-ortho nitro benzene ring substituents is 1. The van der Waals surface area contributed by atoms with E-state index in [1.165, 1.54) is 30.2 Å². The summed E-state index contributed by atoms with van der Waals surface area (Å²) in [6.45, 7) is 5.44. The number of rotatable bonds is 6. The van der Waals surface area contributed by atoms with Crippen molar-refractivity contribution in [1.29, 1.82) is 0 Å². The molecule has 2 fully saturated rings. The molecule has 1 amide bonds. The van der Waals surface area contributed by atoms with E-state index in [2.05, 4.69) is 0 Å². The van der Waals surface area contributed by atoms with Gasteiger partial charge in [-0.1, -0.05) is 13.0 Å². The van der Waals surface area contributed by atoms with E-state index in [-0.39, 0.29) is 18.0 Å². The number of hydrogen-bond donors (Lipinski definition) is 1. The van der Waals surface area contributed by atoms with E-state index in [0.29, 0.717) is 0 Å². The van der Waals surface area contributed by atoms with E-state index >= 15 is 0 Å². The summed E-state index contributed by atoms with van der Waals surface area (Å²) in [6, 6.07) is 4.94. The van der Waals surface area contributed by atoms with E-state index in [4.69, 9.17) is 18.9 Å². The summed E-state index contributed by atoms with van der Waals surface area (Å²) in [7, 11) is 1.39. The molecule has 5 atom stereocenters. The Labute approximate surface area is 162 Å². The fourth-order valence-corrected chi connectivity index (χ4v) is 3.60. The average Bonchev–Trinajstić information content (AvgIpc) is 3.19. The summed E-state index contributed by atoms with van der Waals surface area (Å²) >= 11 is 0. The number of hydrogen-bond acceptors (Lipinski definition) is 8. The molecule has 154 valence electrons. The molecular formula is C18H24N2O8. The molecule has 0 unspecified atom stereocenters. The largest absolute Gasteiger partial charge is 0.417 e. The number of aliphatic hydroxyl groups is 1. The first kappa shape index (κ1) is 20.5. The number of carbonyl (C=O) groups is 1. The highest BCUT2D eigenvalue weighted by atomic mass is 16.7. The third-order valence-corrected chi connectivity index (χ3v) is 5.03. The second kappa shape index (κ2) is 7.63. The quantitative estimate of drug-likeness (QED) is 0.573. The summed E-state index contributed by atoms with van der Waals surface area (Å²) in [5.41, 5.74) is 0.124. The smallest absolute Gasteiger partial charge is 0.417 e. The van der Waals surface area contributed by atoms with Crippen LogP contribution in [0.1, 0.15) is 20.8 Å². The standard InChI is InChI=1S/C18H24N2O8/c1-10(15(21)13-9-26-18(2,3)28-13)14-16(25-4)27-17(22)19(14)11-6-5-7-12(8-11)20(23)24/h5-8,10,13-16,21H,9H2,1-4H3/t10-,13+,14-,15-,16+/m0/s1. The number of cyclic esters (lactones) is 1. The van der Waals surface area contributed by atoms with Crippen molar-refractivity contribution in [2.45, 2.75) is 51.1 Å². The lowest BCUT2D eigenvalue weighted by Crippen LogP contribution is -2.50. The van der Waals surface area contributed by atoms with Crippen molar-refractivity contribution in [2.75, 3.05) is 18.6 Å². The molecule has 0 bridgehead atoms. The van der Waals surface area contributed by atoms with Crippen LogP contribution in [0, 0.1) is 16.0 Å². The molecule has 3 rings (SSSR count). The molecule has 2 heterocycles. The van der Waals surface area contributed by atoms with Gasteiger partial charge in [-0.15, -0.1) is 0 Å². The van der Waals surface area contributed by atoms with Gasteiger partial charge in [0, 0.05) is 25.2 Å².